The summed E-state index contributed by atoms with van der Waals surface area (Å²) in [6, 6.07) is 7.96. The Morgan fingerprint density at radius 3 is 3.06 bits per heavy atom. The zero-order valence-corrected chi connectivity index (χ0v) is 9.19. The Balaban J connectivity index is 1.89. The second-order valence-corrected chi connectivity index (χ2v) is 3.74. The lowest BCUT2D eigenvalue weighted by Gasteiger charge is -2.06. The third-order valence-corrected chi connectivity index (χ3v) is 2.49. The molecule has 0 saturated carbocycles. The van der Waals surface area contributed by atoms with Crippen LogP contribution in [0.3, 0.4) is 0 Å². The van der Waals surface area contributed by atoms with Gasteiger partial charge in [0.05, 0.1) is 12.1 Å². The van der Waals surface area contributed by atoms with E-state index in [0.29, 0.717) is 6.79 Å². The first-order valence-electron chi connectivity index (χ1n) is 5.31. The molecule has 1 aromatic rings. The fraction of sp³-hybridized carbons (Fsp3) is 0.417. The molecule has 2 rings (SSSR count). The Morgan fingerprint density at radius 1 is 1.44 bits per heavy atom. The molecule has 0 aromatic heterocycles. The molecule has 4 heteroatoms. The molecule has 1 atom stereocenters. The molecule has 0 amide bonds. The van der Waals surface area contributed by atoms with Gasteiger partial charge in [-0.1, -0.05) is 6.07 Å². The number of benzene rings is 1. The van der Waals surface area contributed by atoms with Crippen LogP contribution in [0.1, 0.15) is 12.5 Å². The highest BCUT2D eigenvalue weighted by atomic mass is 16.7. The molecule has 0 spiro atoms. The molecule has 0 aliphatic carbocycles. The maximum Gasteiger partial charge on any atom is 0.231 e. The van der Waals surface area contributed by atoms with Gasteiger partial charge in [0.2, 0.25) is 6.79 Å². The monoisotopic (exact) mass is 218 g/mol. The van der Waals surface area contributed by atoms with Crippen molar-refractivity contribution in [2.24, 2.45) is 0 Å². The molecule has 0 saturated heterocycles. The van der Waals surface area contributed by atoms with Gasteiger partial charge in [-0.25, -0.2) is 0 Å². The average Bonchev–Trinajstić information content (AvgIpc) is 2.76. The van der Waals surface area contributed by atoms with E-state index >= 15 is 0 Å². The maximum atomic E-state index is 8.61. The molecule has 0 radical (unpaired) electrons. The van der Waals surface area contributed by atoms with E-state index in [0.717, 1.165) is 24.5 Å². The van der Waals surface area contributed by atoms with Gasteiger partial charge in [0.25, 0.3) is 0 Å². The number of ether oxygens (including phenoxy) is 2. The summed E-state index contributed by atoms with van der Waals surface area (Å²) in [6.45, 7) is 2.94. The number of nitriles is 1. The SMILES string of the molecule is CC(C#N)NCCc1ccc2c(c1)OCO2. The normalized spacial score (nSPS) is 14.5. The lowest BCUT2D eigenvalue weighted by molar-refractivity contribution is 0.174. The number of nitrogens with one attached hydrogen (secondary N) is 1. The highest BCUT2D eigenvalue weighted by molar-refractivity contribution is 5.44. The summed E-state index contributed by atoms with van der Waals surface area (Å²) in [6.07, 6.45) is 0.878. The van der Waals surface area contributed by atoms with Gasteiger partial charge in [0.15, 0.2) is 11.5 Å². The minimum atomic E-state index is -0.103. The van der Waals surface area contributed by atoms with Crippen molar-refractivity contribution < 1.29 is 9.47 Å². The third kappa shape index (κ3) is 2.44. The molecule has 1 aliphatic rings. The van der Waals surface area contributed by atoms with Crippen LogP contribution in [-0.2, 0) is 6.42 Å². The lowest BCUT2D eigenvalue weighted by atomic mass is 10.1. The van der Waals surface area contributed by atoms with Crippen molar-refractivity contribution in [3.05, 3.63) is 23.8 Å². The van der Waals surface area contributed by atoms with Gasteiger partial charge < -0.3 is 14.8 Å². The predicted octanol–water partition coefficient (Wildman–Crippen LogP) is 1.46. The molecule has 1 aliphatic heterocycles. The molecule has 0 fully saturated rings. The second-order valence-electron chi connectivity index (χ2n) is 3.74. The number of hydrogen-bond acceptors (Lipinski definition) is 4. The van der Waals surface area contributed by atoms with Crippen LogP contribution >= 0.6 is 0 Å². The van der Waals surface area contributed by atoms with E-state index in [2.05, 4.69) is 11.4 Å². The number of hydrogen-bond donors (Lipinski definition) is 1. The van der Waals surface area contributed by atoms with Gasteiger partial charge in [-0.15, -0.1) is 0 Å². The summed E-state index contributed by atoms with van der Waals surface area (Å²) < 4.78 is 10.5. The summed E-state index contributed by atoms with van der Waals surface area (Å²) in [4.78, 5) is 0. The summed E-state index contributed by atoms with van der Waals surface area (Å²) in [5.41, 5.74) is 1.18. The largest absolute Gasteiger partial charge is 0.454 e. The van der Waals surface area contributed by atoms with Gasteiger partial charge in [-0.2, -0.15) is 5.26 Å². The quantitative estimate of drug-likeness (QED) is 0.831. The summed E-state index contributed by atoms with van der Waals surface area (Å²) in [5, 5.41) is 11.7. The van der Waals surface area contributed by atoms with Crippen LogP contribution in [0.5, 0.6) is 11.5 Å². The van der Waals surface area contributed by atoms with E-state index < -0.39 is 0 Å². The lowest BCUT2D eigenvalue weighted by Crippen LogP contribution is -2.26. The van der Waals surface area contributed by atoms with Crippen molar-refractivity contribution in [1.29, 1.82) is 5.26 Å². The summed E-state index contributed by atoms with van der Waals surface area (Å²) in [7, 11) is 0. The fourth-order valence-corrected chi connectivity index (χ4v) is 1.58. The molecule has 0 bridgehead atoms. The third-order valence-electron chi connectivity index (χ3n) is 2.49. The molecule has 84 valence electrons. The minimum absolute atomic E-state index is 0.103. The van der Waals surface area contributed by atoms with E-state index in [-0.39, 0.29) is 6.04 Å². The van der Waals surface area contributed by atoms with Crippen LogP contribution in [0, 0.1) is 11.3 Å². The Kier molecular flexibility index (Phi) is 3.28. The zero-order valence-electron chi connectivity index (χ0n) is 9.19. The van der Waals surface area contributed by atoms with E-state index in [1.807, 2.05) is 25.1 Å². The molecule has 1 unspecified atom stereocenters. The fourth-order valence-electron chi connectivity index (χ4n) is 1.58. The van der Waals surface area contributed by atoms with E-state index in [1.165, 1.54) is 5.56 Å². The van der Waals surface area contributed by atoms with Crippen molar-refractivity contribution in [1.82, 2.24) is 5.32 Å². The Hall–Kier alpha value is -1.73. The smallest absolute Gasteiger partial charge is 0.231 e. The van der Waals surface area contributed by atoms with Crippen LogP contribution < -0.4 is 14.8 Å². The first-order valence-corrected chi connectivity index (χ1v) is 5.31. The maximum absolute atomic E-state index is 8.61. The number of fused-ring (bicyclic) bond motifs is 1. The summed E-state index contributed by atoms with van der Waals surface area (Å²) in [5.74, 6) is 1.62. The van der Waals surface area contributed by atoms with E-state index in [1.54, 1.807) is 0 Å². The van der Waals surface area contributed by atoms with Crippen LogP contribution in [0.4, 0.5) is 0 Å². The highest BCUT2D eigenvalue weighted by Gasteiger charge is 2.12. The van der Waals surface area contributed by atoms with Crippen LogP contribution in [0.25, 0.3) is 0 Å². The van der Waals surface area contributed by atoms with Crippen molar-refractivity contribution in [3.8, 4) is 17.6 Å². The Morgan fingerprint density at radius 2 is 2.25 bits per heavy atom. The van der Waals surface area contributed by atoms with Crippen molar-refractivity contribution in [3.63, 3.8) is 0 Å². The first-order chi connectivity index (χ1) is 7.79. The van der Waals surface area contributed by atoms with Gasteiger partial charge in [0, 0.05) is 6.54 Å². The molecular formula is C12H14N2O2. The average molecular weight is 218 g/mol. The zero-order chi connectivity index (χ0) is 11.4. The van der Waals surface area contributed by atoms with Crippen LogP contribution in [0.15, 0.2) is 18.2 Å². The number of nitrogens with zero attached hydrogens (tertiary/aromatic N) is 1. The second kappa shape index (κ2) is 4.86. The van der Waals surface area contributed by atoms with Gasteiger partial charge in [0.1, 0.15) is 0 Å². The first kappa shape index (κ1) is 10.8. The van der Waals surface area contributed by atoms with Crippen molar-refractivity contribution >= 4 is 0 Å². The molecule has 1 N–H and O–H groups in total. The van der Waals surface area contributed by atoms with Gasteiger partial charge >= 0.3 is 0 Å². The molecular weight excluding hydrogens is 204 g/mol. The van der Waals surface area contributed by atoms with Gasteiger partial charge in [-0.3, -0.25) is 0 Å². The topological polar surface area (TPSA) is 54.3 Å². The highest BCUT2D eigenvalue weighted by Crippen LogP contribution is 2.32. The van der Waals surface area contributed by atoms with Crippen molar-refractivity contribution in [2.75, 3.05) is 13.3 Å². The van der Waals surface area contributed by atoms with E-state index in [4.69, 9.17) is 14.7 Å². The van der Waals surface area contributed by atoms with Crippen molar-refractivity contribution in [2.45, 2.75) is 19.4 Å². The predicted molar refractivity (Wildman–Crippen MR) is 59.3 cm³/mol. The minimum Gasteiger partial charge on any atom is -0.454 e. The summed E-state index contributed by atoms with van der Waals surface area (Å²) >= 11 is 0. The molecule has 1 heterocycles. The standard InChI is InChI=1S/C12H14N2O2/c1-9(7-13)14-5-4-10-2-3-11-12(6-10)16-8-15-11/h2-3,6,9,14H,4-5,8H2,1H3. The number of rotatable bonds is 4. The molecule has 4 nitrogen and oxygen atoms in total. The molecule has 1 aromatic carbocycles. The van der Waals surface area contributed by atoms with Crippen LogP contribution in [0.2, 0.25) is 0 Å². The van der Waals surface area contributed by atoms with Crippen LogP contribution in [-0.4, -0.2) is 19.4 Å². The van der Waals surface area contributed by atoms with Gasteiger partial charge in [-0.05, 0) is 31.0 Å². The Labute approximate surface area is 94.8 Å². The van der Waals surface area contributed by atoms with E-state index in [9.17, 15) is 0 Å². The molecule has 16 heavy (non-hydrogen) atoms. The Bertz CT molecular complexity index is 412.